The number of hydrogen-bond donors (Lipinski definition) is 1. The summed E-state index contributed by atoms with van der Waals surface area (Å²) < 4.78 is 39.9. The molecule has 1 aliphatic rings. The van der Waals surface area contributed by atoms with Gasteiger partial charge in [-0.3, -0.25) is 4.90 Å². The summed E-state index contributed by atoms with van der Waals surface area (Å²) in [4.78, 5) is 2.33. The first kappa shape index (κ1) is 18.9. The topological polar surface area (TPSA) is 58.4 Å². The van der Waals surface area contributed by atoms with Gasteiger partial charge in [0, 0.05) is 11.6 Å². The summed E-state index contributed by atoms with van der Waals surface area (Å²) >= 11 is 6.40. The molecule has 6 nitrogen and oxygen atoms in total. The van der Waals surface area contributed by atoms with Gasteiger partial charge in [0.2, 0.25) is 0 Å². The van der Waals surface area contributed by atoms with Crippen LogP contribution in [0.1, 0.15) is 30.3 Å². The lowest BCUT2D eigenvalue weighted by Gasteiger charge is -2.29. The van der Waals surface area contributed by atoms with Crippen molar-refractivity contribution in [3.63, 3.8) is 0 Å². The van der Waals surface area contributed by atoms with Gasteiger partial charge in [0.05, 0.1) is 6.04 Å². The number of nitrogens with one attached hydrogen (secondary N) is 1. The Morgan fingerprint density at radius 3 is 2.54 bits per heavy atom. The van der Waals surface area contributed by atoms with E-state index in [0.717, 1.165) is 31.5 Å². The monoisotopic (exact) mass is 410 g/mol. The molecule has 0 spiro atoms. The molecule has 1 aliphatic heterocycles. The van der Waals surface area contributed by atoms with E-state index >= 15 is 0 Å². The van der Waals surface area contributed by atoms with Crippen LogP contribution in [0.15, 0.2) is 36.4 Å². The van der Waals surface area contributed by atoms with Crippen molar-refractivity contribution in [2.24, 2.45) is 0 Å². The third-order valence-corrected chi connectivity index (χ3v) is 5.18. The molecule has 0 unspecified atom stereocenters. The number of halogens is 4. The molecule has 2 aromatic heterocycles. The van der Waals surface area contributed by atoms with Crippen LogP contribution < -0.4 is 5.32 Å². The Balaban J connectivity index is 1.59. The van der Waals surface area contributed by atoms with Crippen molar-refractivity contribution >= 4 is 23.1 Å². The van der Waals surface area contributed by atoms with Gasteiger partial charge in [-0.25, -0.2) is 0 Å². The SMILES string of the molecule is FC(F)(F)c1nnc2ccc(NC[C@H](c3ccccc3Cl)N3CCCC3)nn12. The number of fused-ring (bicyclic) bond motifs is 1. The minimum atomic E-state index is -4.62. The Labute approximate surface area is 164 Å². The van der Waals surface area contributed by atoms with Crippen LogP contribution in [0.5, 0.6) is 0 Å². The number of alkyl halides is 3. The van der Waals surface area contributed by atoms with Crippen LogP contribution in [-0.2, 0) is 6.18 Å². The number of rotatable bonds is 5. The fourth-order valence-electron chi connectivity index (χ4n) is 3.50. The van der Waals surface area contributed by atoms with Crippen LogP contribution in [-0.4, -0.2) is 44.3 Å². The van der Waals surface area contributed by atoms with Crippen LogP contribution >= 0.6 is 11.6 Å². The van der Waals surface area contributed by atoms with Crippen LogP contribution in [0.25, 0.3) is 5.65 Å². The molecule has 28 heavy (non-hydrogen) atoms. The summed E-state index contributed by atoms with van der Waals surface area (Å²) in [5, 5.41) is 14.6. The third-order valence-electron chi connectivity index (χ3n) is 4.84. The molecule has 0 amide bonds. The van der Waals surface area contributed by atoms with Crippen LogP contribution in [0, 0.1) is 0 Å². The lowest BCUT2D eigenvalue weighted by Crippen LogP contribution is -2.31. The van der Waals surface area contributed by atoms with Crippen molar-refractivity contribution in [3.8, 4) is 0 Å². The second-order valence-electron chi connectivity index (χ2n) is 6.67. The van der Waals surface area contributed by atoms with Gasteiger partial charge in [0.1, 0.15) is 5.82 Å². The maximum Gasteiger partial charge on any atom is 0.453 e. The van der Waals surface area contributed by atoms with Crippen molar-refractivity contribution in [2.75, 3.05) is 25.0 Å². The second-order valence-corrected chi connectivity index (χ2v) is 7.08. The molecular weight excluding hydrogens is 393 g/mol. The first-order valence-corrected chi connectivity index (χ1v) is 9.33. The van der Waals surface area contributed by atoms with Crippen LogP contribution in [0.4, 0.5) is 19.0 Å². The molecule has 0 aliphatic carbocycles. The predicted octanol–water partition coefficient (Wildman–Crippen LogP) is 4.05. The summed E-state index contributed by atoms with van der Waals surface area (Å²) in [6.45, 7) is 2.37. The Hall–Kier alpha value is -2.39. The van der Waals surface area contributed by atoms with Gasteiger partial charge in [-0.15, -0.1) is 15.3 Å². The molecule has 1 fully saturated rings. The van der Waals surface area contributed by atoms with Gasteiger partial charge in [0.25, 0.3) is 5.82 Å². The predicted molar refractivity (Wildman–Crippen MR) is 99.3 cm³/mol. The lowest BCUT2D eigenvalue weighted by molar-refractivity contribution is -0.146. The summed E-state index contributed by atoms with van der Waals surface area (Å²) in [6.07, 6.45) is -2.40. The van der Waals surface area contributed by atoms with Gasteiger partial charge < -0.3 is 5.32 Å². The highest BCUT2D eigenvalue weighted by Crippen LogP contribution is 2.31. The van der Waals surface area contributed by atoms with Crippen LogP contribution in [0.3, 0.4) is 0 Å². The first-order chi connectivity index (χ1) is 13.4. The van der Waals surface area contributed by atoms with E-state index in [2.05, 4.69) is 25.5 Å². The van der Waals surface area contributed by atoms with E-state index in [4.69, 9.17) is 11.6 Å². The van der Waals surface area contributed by atoms with Gasteiger partial charge in [0.15, 0.2) is 5.65 Å². The fourth-order valence-corrected chi connectivity index (χ4v) is 3.76. The number of aromatic nitrogens is 4. The largest absolute Gasteiger partial charge is 0.453 e. The maximum absolute atomic E-state index is 13.1. The van der Waals surface area contributed by atoms with Crippen molar-refractivity contribution < 1.29 is 13.2 Å². The summed E-state index contributed by atoms with van der Waals surface area (Å²) in [5.41, 5.74) is 1.03. The highest BCUT2D eigenvalue weighted by molar-refractivity contribution is 6.31. The van der Waals surface area contributed by atoms with Gasteiger partial charge in [-0.1, -0.05) is 29.8 Å². The zero-order valence-electron chi connectivity index (χ0n) is 14.8. The van der Waals surface area contributed by atoms with E-state index in [1.165, 1.54) is 6.07 Å². The van der Waals surface area contributed by atoms with E-state index in [9.17, 15) is 13.2 Å². The molecule has 0 saturated carbocycles. The van der Waals surface area contributed by atoms with E-state index in [0.29, 0.717) is 21.9 Å². The molecule has 0 radical (unpaired) electrons. The number of likely N-dealkylation sites (tertiary alicyclic amines) is 1. The Kier molecular flexibility index (Phi) is 5.11. The summed E-state index contributed by atoms with van der Waals surface area (Å²) in [7, 11) is 0. The van der Waals surface area contributed by atoms with Crippen LogP contribution in [0.2, 0.25) is 5.02 Å². The van der Waals surface area contributed by atoms with E-state index in [1.807, 2.05) is 24.3 Å². The van der Waals surface area contributed by atoms with Crippen molar-refractivity contribution in [3.05, 3.63) is 52.8 Å². The molecular formula is C18H18ClF3N6. The van der Waals surface area contributed by atoms with E-state index in [-0.39, 0.29) is 11.7 Å². The molecule has 1 N–H and O–H groups in total. The number of nitrogens with zero attached hydrogens (tertiary/aromatic N) is 5. The number of anilines is 1. The summed E-state index contributed by atoms with van der Waals surface area (Å²) in [6, 6.07) is 10.7. The zero-order valence-corrected chi connectivity index (χ0v) is 15.6. The molecule has 3 heterocycles. The lowest BCUT2D eigenvalue weighted by atomic mass is 10.1. The van der Waals surface area contributed by atoms with Crippen molar-refractivity contribution in [2.45, 2.75) is 25.1 Å². The molecule has 1 atom stereocenters. The minimum Gasteiger partial charge on any atom is -0.367 e. The highest BCUT2D eigenvalue weighted by atomic mass is 35.5. The number of benzene rings is 1. The standard InChI is InChI=1S/C18H18ClF3N6/c19-13-6-2-1-5-12(13)14(27-9-3-4-10-27)11-23-15-7-8-16-24-25-17(18(20,21)22)28(16)26-15/h1-2,5-8,14H,3-4,9-11H2,(H,23,26)/t14-/m1/s1. The Morgan fingerprint density at radius 2 is 1.82 bits per heavy atom. The highest BCUT2D eigenvalue weighted by Gasteiger charge is 2.37. The fraction of sp³-hybridized carbons (Fsp3) is 0.389. The van der Waals surface area contributed by atoms with E-state index in [1.54, 1.807) is 6.07 Å². The minimum absolute atomic E-state index is 0.00306. The molecule has 3 aromatic rings. The summed E-state index contributed by atoms with van der Waals surface area (Å²) in [5.74, 6) is -0.831. The van der Waals surface area contributed by atoms with E-state index < -0.39 is 12.0 Å². The average Bonchev–Trinajstić information content (AvgIpc) is 3.32. The molecule has 1 aromatic carbocycles. The van der Waals surface area contributed by atoms with Gasteiger partial charge in [-0.05, 0) is 49.7 Å². The van der Waals surface area contributed by atoms with Gasteiger partial charge in [-0.2, -0.15) is 17.7 Å². The second kappa shape index (κ2) is 7.56. The smallest absolute Gasteiger partial charge is 0.367 e. The Bertz CT molecular complexity index is 967. The molecule has 148 valence electrons. The number of hydrogen-bond acceptors (Lipinski definition) is 5. The normalized spacial score (nSPS) is 16.6. The third kappa shape index (κ3) is 3.77. The Morgan fingerprint density at radius 1 is 1.07 bits per heavy atom. The zero-order chi connectivity index (χ0) is 19.7. The molecule has 0 bridgehead atoms. The van der Waals surface area contributed by atoms with Crippen molar-refractivity contribution in [1.29, 1.82) is 0 Å². The first-order valence-electron chi connectivity index (χ1n) is 8.95. The quantitative estimate of drug-likeness (QED) is 0.687. The molecule has 4 rings (SSSR count). The average molecular weight is 411 g/mol. The maximum atomic E-state index is 13.1. The van der Waals surface area contributed by atoms with Crippen molar-refractivity contribution in [1.82, 2.24) is 24.7 Å². The van der Waals surface area contributed by atoms with Gasteiger partial charge >= 0.3 is 6.18 Å². The molecule has 1 saturated heterocycles. The molecule has 10 heteroatoms.